The van der Waals surface area contributed by atoms with Crippen molar-refractivity contribution in [3.05, 3.63) is 60.3 Å². The lowest BCUT2D eigenvalue weighted by Gasteiger charge is -2.15. The quantitative estimate of drug-likeness (QED) is 0.548. The number of ether oxygens (including phenoxy) is 1. The van der Waals surface area contributed by atoms with Crippen LogP contribution < -0.4 is 4.74 Å². The molecule has 1 aliphatic rings. The maximum Gasteiger partial charge on any atom is 0.213 e. The Bertz CT molecular complexity index is 1110. The smallest absolute Gasteiger partial charge is 0.213 e. The molecule has 9 nitrogen and oxygen atoms in total. The molecule has 1 atom stereocenters. The highest BCUT2D eigenvalue weighted by Gasteiger charge is 2.32. The molecule has 1 fully saturated rings. The van der Waals surface area contributed by atoms with E-state index in [9.17, 15) is 5.11 Å². The fraction of sp³-hybridized carbons (Fsp3) is 0.316. The van der Waals surface area contributed by atoms with Gasteiger partial charge >= 0.3 is 0 Å². The van der Waals surface area contributed by atoms with Crippen LogP contribution in [-0.2, 0) is 0 Å². The highest BCUT2D eigenvalue weighted by Crippen LogP contribution is 2.42. The molecular weight excluding hydrogens is 358 g/mol. The second-order valence-electron chi connectivity index (χ2n) is 6.77. The minimum atomic E-state index is -0.953. The molecular formula is C19H19N7O2. The molecule has 142 valence electrons. The molecule has 28 heavy (non-hydrogen) atoms. The number of nitrogens with zero attached hydrogens (tertiary/aromatic N) is 7. The summed E-state index contributed by atoms with van der Waals surface area (Å²) in [4.78, 5) is 13.0. The fourth-order valence-electron chi connectivity index (χ4n) is 3.28. The standard InChI is InChI=1S/C19H19N7O2/c1-2-28-16-6-5-13(8-21-16)26-10-15(23-24-26)19(27)18-17(12-3-4-12)22-9-14-7-20-11-25(14)18/h5-12,19,27H,2-4H2,1H3. The Morgan fingerprint density at radius 1 is 1.21 bits per heavy atom. The van der Waals surface area contributed by atoms with Gasteiger partial charge in [-0.25, -0.2) is 14.6 Å². The van der Waals surface area contributed by atoms with Gasteiger partial charge in [0.05, 0.1) is 60.3 Å². The van der Waals surface area contributed by atoms with Crippen molar-refractivity contribution in [2.45, 2.75) is 31.8 Å². The molecule has 0 saturated heterocycles. The van der Waals surface area contributed by atoms with Crippen LogP contribution in [0.1, 0.15) is 48.9 Å². The third-order valence-electron chi connectivity index (χ3n) is 4.82. The van der Waals surface area contributed by atoms with E-state index in [4.69, 9.17) is 4.74 Å². The van der Waals surface area contributed by atoms with Crippen molar-refractivity contribution in [3.63, 3.8) is 0 Å². The maximum absolute atomic E-state index is 11.1. The number of aliphatic hydroxyl groups excluding tert-OH is 1. The zero-order valence-electron chi connectivity index (χ0n) is 15.3. The maximum atomic E-state index is 11.1. The van der Waals surface area contributed by atoms with Crippen LogP contribution in [-0.4, -0.2) is 46.1 Å². The fourth-order valence-corrected chi connectivity index (χ4v) is 3.28. The van der Waals surface area contributed by atoms with E-state index in [1.807, 2.05) is 17.4 Å². The number of fused-ring (bicyclic) bond motifs is 1. The largest absolute Gasteiger partial charge is 0.478 e. The van der Waals surface area contributed by atoms with E-state index >= 15 is 0 Å². The number of hydrogen-bond acceptors (Lipinski definition) is 7. The molecule has 4 heterocycles. The molecule has 4 aromatic heterocycles. The lowest BCUT2D eigenvalue weighted by atomic mass is 10.1. The molecule has 4 aromatic rings. The highest BCUT2D eigenvalue weighted by atomic mass is 16.5. The number of pyridine rings is 1. The molecule has 0 radical (unpaired) electrons. The second-order valence-corrected chi connectivity index (χ2v) is 6.77. The van der Waals surface area contributed by atoms with Gasteiger partial charge in [0.15, 0.2) is 0 Å². The molecule has 1 N–H and O–H groups in total. The van der Waals surface area contributed by atoms with E-state index in [1.165, 1.54) is 0 Å². The van der Waals surface area contributed by atoms with Crippen LogP contribution in [0.3, 0.4) is 0 Å². The average Bonchev–Trinajstić information content (AvgIpc) is 3.25. The Kier molecular flexibility index (Phi) is 4.01. The summed E-state index contributed by atoms with van der Waals surface area (Å²) in [6, 6.07) is 3.62. The van der Waals surface area contributed by atoms with E-state index in [1.54, 1.807) is 41.9 Å². The van der Waals surface area contributed by atoms with Crippen LogP contribution in [0.5, 0.6) is 5.88 Å². The number of aliphatic hydroxyl groups is 1. The van der Waals surface area contributed by atoms with Crippen molar-refractivity contribution in [1.82, 2.24) is 34.3 Å². The van der Waals surface area contributed by atoms with E-state index in [0.717, 1.165) is 29.7 Å². The molecule has 1 aliphatic carbocycles. The van der Waals surface area contributed by atoms with Crippen LogP contribution in [0.4, 0.5) is 0 Å². The summed E-state index contributed by atoms with van der Waals surface area (Å²) in [6.07, 6.45) is 9.78. The first kappa shape index (κ1) is 16.8. The first-order chi connectivity index (χ1) is 13.7. The van der Waals surface area contributed by atoms with Crippen molar-refractivity contribution in [2.75, 3.05) is 6.61 Å². The normalized spacial score (nSPS) is 15.1. The SMILES string of the molecule is CCOc1ccc(-n2cc(C(O)c3c(C4CC4)ncc4cncn34)nn2)cn1. The van der Waals surface area contributed by atoms with Gasteiger partial charge in [-0.15, -0.1) is 5.10 Å². The molecule has 5 rings (SSSR count). The Hall–Kier alpha value is -3.33. The topological polar surface area (TPSA) is 103 Å². The van der Waals surface area contributed by atoms with Crippen LogP contribution in [0.15, 0.2) is 43.2 Å². The summed E-state index contributed by atoms with van der Waals surface area (Å²) < 4.78 is 8.82. The molecule has 9 heteroatoms. The summed E-state index contributed by atoms with van der Waals surface area (Å²) in [7, 11) is 0. The van der Waals surface area contributed by atoms with E-state index in [-0.39, 0.29) is 0 Å². The van der Waals surface area contributed by atoms with E-state index < -0.39 is 6.10 Å². The van der Waals surface area contributed by atoms with Gasteiger partial charge in [0.25, 0.3) is 0 Å². The van der Waals surface area contributed by atoms with Crippen molar-refractivity contribution >= 4 is 5.52 Å². The predicted molar refractivity (Wildman–Crippen MR) is 99.3 cm³/mol. The van der Waals surface area contributed by atoms with Gasteiger partial charge in [-0.3, -0.25) is 9.38 Å². The molecule has 0 aromatic carbocycles. The van der Waals surface area contributed by atoms with Gasteiger partial charge in [0.2, 0.25) is 5.88 Å². The van der Waals surface area contributed by atoms with Crippen LogP contribution in [0.2, 0.25) is 0 Å². The first-order valence-electron chi connectivity index (χ1n) is 9.25. The summed E-state index contributed by atoms with van der Waals surface area (Å²) in [5.74, 6) is 0.931. The van der Waals surface area contributed by atoms with Gasteiger partial charge < -0.3 is 9.84 Å². The Morgan fingerprint density at radius 3 is 2.86 bits per heavy atom. The van der Waals surface area contributed by atoms with Crippen molar-refractivity contribution in [2.24, 2.45) is 0 Å². The van der Waals surface area contributed by atoms with Crippen molar-refractivity contribution in [3.8, 4) is 11.6 Å². The third kappa shape index (κ3) is 2.89. The van der Waals surface area contributed by atoms with Gasteiger partial charge in [0, 0.05) is 12.0 Å². The summed E-state index contributed by atoms with van der Waals surface area (Å²) in [5.41, 5.74) is 3.61. The highest BCUT2D eigenvalue weighted by molar-refractivity contribution is 5.47. The van der Waals surface area contributed by atoms with Crippen molar-refractivity contribution in [1.29, 1.82) is 0 Å². The molecule has 1 unspecified atom stereocenters. The van der Waals surface area contributed by atoms with Crippen LogP contribution in [0.25, 0.3) is 11.2 Å². The van der Waals surface area contributed by atoms with Crippen LogP contribution in [0, 0.1) is 0 Å². The Morgan fingerprint density at radius 2 is 2.11 bits per heavy atom. The number of imidazole rings is 1. The third-order valence-corrected chi connectivity index (χ3v) is 4.82. The predicted octanol–water partition coefficient (Wildman–Crippen LogP) is 2.06. The molecule has 0 aliphatic heterocycles. The summed E-state index contributed by atoms with van der Waals surface area (Å²) in [6.45, 7) is 2.47. The molecule has 1 saturated carbocycles. The zero-order valence-corrected chi connectivity index (χ0v) is 15.3. The second kappa shape index (κ2) is 6.68. The first-order valence-corrected chi connectivity index (χ1v) is 9.25. The minimum absolute atomic E-state index is 0.377. The van der Waals surface area contributed by atoms with Gasteiger partial charge in [0.1, 0.15) is 11.8 Å². The Labute approximate surface area is 160 Å². The molecule has 0 bridgehead atoms. The van der Waals surface area contributed by atoms with E-state index in [0.29, 0.717) is 29.8 Å². The van der Waals surface area contributed by atoms with Gasteiger partial charge in [-0.05, 0) is 25.8 Å². The van der Waals surface area contributed by atoms with Gasteiger partial charge in [-0.1, -0.05) is 5.21 Å². The number of aromatic nitrogens is 7. The monoisotopic (exact) mass is 377 g/mol. The molecule has 0 amide bonds. The van der Waals surface area contributed by atoms with Crippen LogP contribution >= 0.6 is 0 Å². The average molecular weight is 377 g/mol. The lowest BCUT2D eigenvalue weighted by Crippen LogP contribution is -2.11. The number of rotatable bonds is 6. The van der Waals surface area contributed by atoms with Gasteiger partial charge in [-0.2, -0.15) is 0 Å². The summed E-state index contributed by atoms with van der Waals surface area (Å²) in [5, 5.41) is 19.4. The zero-order chi connectivity index (χ0) is 19.1. The van der Waals surface area contributed by atoms with Crippen molar-refractivity contribution < 1.29 is 9.84 Å². The minimum Gasteiger partial charge on any atom is -0.478 e. The summed E-state index contributed by atoms with van der Waals surface area (Å²) >= 11 is 0. The van der Waals surface area contributed by atoms with E-state index in [2.05, 4.69) is 25.3 Å². The number of hydrogen-bond donors (Lipinski definition) is 1. The Balaban J connectivity index is 1.50. The molecule has 0 spiro atoms. The lowest BCUT2D eigenvalue weighted by molar-refractivity contribution is 0.206.